The molecule has 152 valence electrons. The minimum absolute atomic E-state index is 0.0651. The number of rotatable bonds is 5. The van der Waals surface area contributed by atoms with Crippen LogP contribution in [-0.2, 0) is 16.4 Å². The fourth-order valence-corrected chi connectivity index (χ4v) is 4.97. The molecule has 1 N–H and O–H groups in total. The van der Waals surface area contributed by atoms with Crippen LogP contribution in [0.1, 0.15) is 36.6 Å². The molecule has 1 aliphatic heterocycles. The molecule has 0 bridgehead atoms. The van der Waals surface area contributed by atoms with Gasteiger partial charge in [0.1, 0.15) is 10.7 Å². The SMILES string of the molecule is CS(=O)(=O)c1cn[nH]c1C1CCCCN1Cc1ccccc1-c1ccccc1F. The highest BCUT2D eigenvalue weighted by Crippen LogP contribution is 2.36. The van der Waals surface area contributed by atoms with E-state index in [0.29, 0.717) is 17.8 Å². The summed E-state index contributed by atoms with van der Waals surface area (Å²) in [6.07, 6.45) is 5.53. The molecule has 0 aliphatic carbocycles. The zero-order valence-corrected chi connectivity index (χ0v) is 17.1. The van der Waals surface area contributed by atoms with Gasteiger partial charge in [0.25, 0.3) is 0 Å². The van der Waals surface area contributed by atoms with E-state index in [1.54, 1.807) is 12.1 Å². The second-order valence-corrected chi connectivity index (χ2v) is 9.52. The first kappa shape index (κ1) is 19.8. The number of hydrogen-bond donors (Lipinski definition) is 1. The Bertz CT molecular complexity index is 1110. The van der Waals surface area contributed by atoms with Crippen LogP contribution in [0.15, 0.2) is 59.6 Å². The van der Waals surface area contributed by atoms with Crippen LogP contribution in [-0.4, -0.2) is 36.3 Å². The van der Waals surface area contributed by atoms with Crippen LogP contribution in [0.3, 0.4) is 0 Å². The Morgan fingerprint density at radius 1 is 1.10 bits per heavy atom. The lowest BCUT2D eigenvalue weighted by Crippen LogP contribution is -2.34. The summed E-state index contributed by atoms with van der Waals surface area (Å²) >= 11 is 0. The molecule has 5 nitrogen and oxygen atoms in total. The minimum atomic E-state index is -3.36. The fraction of sp³-hybridized carbons (Fsp3) is 0.318. The average molecular weight is 414 g/mol. The minimum Gasteiger partial charge on any atom is -0.290 e. The number of nitrogens with one attached hydrogen (secondary N) is 1. The number of nitrogens with zero attached hydrogens (tertiary/aromatic N) is 2. The molecule has 3 aromatic rings. The molecule has 1 fully saturated rings. The van der Waals surface area contributed by atoms with Gasteiger partial charge in [0.05, 0.1) is 17.9 Å². The lowest BCUT2D eigenvalue weighted by Gasteiger charge is -2.36. The quantitative estimate of drug-likeness (QED) is 0.675. The molecule has 1 unspecified atom stereocenters. The predicted octanol–water partition coefficient (Wildman–Crippen LogP) is 4.35. The van der Waals surface area contributed by atoms with Crippen LogP contribution in [0.4, 0.5) is 4.39 Å². The maximum atomic E-state index is 14.4. The fourth-order valence-electron chi connectivity index (χ4n) is 4.15. The molecule has 1 aliphatic rings. The Morgan fingerprint density at radius 2 is 1.83 bits per heavy atom. The van der Waals surface area contributed by atoms with Crippen molar-refractivity contribution in [3.8, 4) is 11.1 Å². The molecule has 2 heterocycles. The summed E-state index contributed by atoms with van der Waals surface area (Å²) in [5, 5.41) is 6.92. The van der Waals surface area contributed by atoms with Crippen molar-refractivity contribution in [1.29, 1.82) is 0 Å². The smallest absolute Gasteiger partial charge is 0.178 e. The lowest BCUT2D eigenvalue weighted by molar-refractivity contribution is 0.135. The number of likely N-dealkylation sites (tertiary alicyclic amines) is 1. The van der Waals surface area contributed by atoms with Gasteiger partial charge in [-0.1, -0.05) is 48.9 Å². The van der Waals surface area contributed by atoms with Gasteiger partial charge in [0.15, 0.2) is 9.84 Å². The highest BCUT2D eigenvalue weighted by atomic mass is 32.2. The Balaban J connectivity index is 1.69. The zero-order valence-electron chi connectivity index (χ0n) is 16.3. The normalized spacial score (nSPS) is 18.1. The number of sulfone groups is 1. The van der Waals surface area contributed by atoms with Crippen molar-refractivity contribution in [2.24, 2.45) is 0 Å². The second-order valence-electron chi connectivity index (χ2n) is 7.54. The number of piperidine rings is 1. The Hall–Kier alpha value is -2.51. The number of halogens is 1. The number of aromatic nitrogens is 2. The van der Waals surface area contributed by atoms with E-state index in [4.69, 9.17) is 0 Å². The van der Waals surface area contributed by atoms with Crippen molar-refractivity contribution >= 4 is 9.84 Å². The number of hydrogen-bond acceptors (Lipinski definition) is 4. The number of benzene rings is 2. The lowest BCUT2D eigenvalue weighted by atomic mass is 9.95. The van der Waals surface area contributed by atoms with Crippen molar-refractivity contribution in [3.05, 3.63) is 71.8 Å². The van der Waals surface area contributed by atoms with Crippen LogP contribution in [0.25, 0.3) is 11.1 Å². The summed E-state index contributed by atoms with van der Waals surface area (Å²) in [6.45, 7) is 1.45. The van der Waals surface area contributed by atoms with Crippen molar-refractivity contribution in [2.75, 3.05) is 12.8 Å². The summed E-state index contributed by atoms with van der Waals surface area (Å²) in [6, 6.07) is 14.5. The van der Waals surface area contributed by atoms with E-state index in [2.05, 4.69) is 15.1 Å². The van der Waals surface area contributed by atoms with Crippen molar-refractivity contribution in [1.82, 2.24) is 15.1 Å². The third-order valence-corrected chi connectivity index (χ3v) is 6.66. The van der Waals surface area contributed by atoms with E-state index >= 15 is 0 Å². The maximum absolute atomic E-state index is 14.4. The summed E-state index contributed by atoms with van der Waals surface area (Å²) in [5.41, 5.74) is 3.11. The standard InChI is InChI=1S/C22H24FN3O2S/c1-29(27,28)21-14-24-25-22(21)20-12-6-7-13-26(20)15-16-8-2-3-9-17(16)18-10-4-5-11-19(18)23/h2-5,8-11,14,20H,6-7,12-13,15H2,1H3,(H,24,25). The first-order chi connectivity index (χ1) is 13.9. The largest absolute Gasteiger partial charge is 0.290 e. The molecular formula is C22H24FN3O2S. The Kier molecular flexibility index (Phi) is 5.52. The van der Waals surface area contributed by atoms with Crippen molar-refractivity contribution in [3.63, 3.8) is 0 Å². The molecule has 7 heteroatoms. The first-order valence-corrected chi connectivity index (χ1v) is 11.6. The Labute approximate surface area is 170 Å². The summed E-state index contributed by atoms with van der Waals surface area (Å²) < 4.78 is 38.8. The highest BCUT2D eigenvalue weighted by Gasteiger charge is 2.30. The van der Waals surface area contributed by atoms with Gasteiger partial charge in [0, 0.05) is 18.4 Å². The first-order valence-electron chi connectivity index (χ1n) is 9.75. The second kappa shape index (κ2) is 8.08. The predicted molar refractivity (Wildman–Crippen MR) is 111 cm³/mol. The van der Waals surface area contributed by atoms with Gasteiger partial charge in [-0.25, -0.2) is 12.8 Å². The molecule has 0 amide bonds. The summed E-state index contributed by atoms with van der Waals surface area (Å²) in [4.78, 5) is 2.53. The van der Waals surface area contributed by atoms with Gasteiger partial charge in [-0.05, 0) is 36.6 Å². The molecule has 29 heavy (non-hydrogen) atoms. The van der Waals surface area contributed by atoms with E-state index in [1.165, 1.54) is 18.5 Å². The third kappa shape index (κ3) is 4.11. The molecule has 4 rings (SSSR count). The van der Waals surface area contributed by atoms with Crippen LogP contribution in [0.2, 0.25) is 0 Å². The topological polar surface area (TPSA) is 66.1 Å². The van der Waals surface area contributed by atoms with Gasteiger partial charge in [-0.2, -0.15) is 5.10 Å². The van der Waals surface area contributed by atoms with Gasteiger partial charge in [-0.3, -0.25) is 10.00 Å². The third-order valence-electron chi connectivity index (χ3n) is 5.53. The van der Waals surface area contributed by atoms with E-state index in [-0.39, 0.29) is 16.8 Å². The molecular weight excluding hydrogens is 389 g/mol. The van der Waals surface area contributed by atoms with Crippen LogP contribution >= 0.6 is 0 Å². The summed E-state index contributed by atoms with van der Waals surface area (Å²) in [5.74, 6) is -0.247. The van der Waals surface area contributed by atoms with Crippen LogP contribution in [0, 0.1) is 5.82 Å². The number of H-pyrrole nitrogens is 1. The highest BCUT2D eigenvalue weighted by molar-refractivity contribution is 7.90. The van der Waals surface area contributed by atoms with Gasteiger partial charge >= 0.3 is 0 Å². The van der Waals surface area contributed by atoms with E-state index in [9.17, 15) is 12.8 Å². The monoisotopic (exact) mass is 413 g/mol. The summed E-state index contributed by atoms with van der Waals surface area (Å²) in [7, 11) is -3.36. The van der Waals surface area contributed by atoms with Crippen LogP contribution < -0.4 is 0 Å². The Morgan fingerprint density at radius 3 is 2.59 bits per heavy atom. The molecule has 0 radical (unpaired) electrons. The maximum Gasteiger partial charge on any atom is 0.178 e. The van der Waals surface area contributed by atoms with E-state index < -0.39 is 9.84 Å². The molecule has 2 aromatic carbocycles. The molecule has 1 atom stereocenters. The van der Waals surface area contributed by atoms with E-state index in [1.807, 2.05) is 30.3 Å². The molecule has 0 saturated carbocycles. The van der Waals surface area contributed by atoms with Crippen molar-refractivity contribution < 1.29 is 12.8 Å². The van der Waals surface area contributed by atoms with E-state index in [0.717, 1.165) is 36.9 Å². The molecule has 1 aromatic heterocycles. The average Bonchev–Trinajstić information content (AvgIpc) is 3.20. The molecule has 0 spiro atoms. The van der Waals surface area contributed by atoms with Crippen LogP contribution in [0.5, 0.6) is 0 Å². The number of aromatic amines is 1. The van der Waals surface area contributed by atoms with Crippen molar-refractivity contribution in [2.45, 2.75) is 36.7 Å². The van der Waals surface area contributed by atoms with Gasteiger partial charge < -0.3 is 0 Å². The van der Waals surface area contributed by atoms with Gasteiger partial charge in [0.2, 0.25) is 0 Å². The molecule has 1 saturated heterocycles. The zero-order chi connectivity index (χ0) is 20.4. The van der Waals surface area contributed by atoms with Gasteiger partial charge in [-0.15, -0.1) is 0 Å².